The van der Waals surface area contributed by atoms with Gasteiger partial charge in [-0.05, 0) is 51.0 Å². The number of carbonyl (C=O) groups is 3. The molecule has 2 rings (SSSR count). The van der Waals surface area contributed by atoms with Crippen LogP contribution in [0, 0.1) is 11.8 Å². The van der Waals surface area contributed by atoms with E-state index in [4.69, 9.17) is 0 Å². The molecule has 2 atom stereocenters. The van der Waals surface area contributed by atoms with Crippen LogP contribution in [0.5, 0.6) is 0 Å². The highest BCUT2D eigenvalue weighted by atomic mass is 16.4. The number of allylic oxidation sites excluding steroid dienone is 2. The molecule has 1 aliphatic rings. The van der Waals surface area contributed by atoms with Crippen molar-refractivity contribution in [3.8, 4) is 0 Å². The number of ketones is 1. The molecule has 1 aromatic rings. The van der Waals surface area contributed by atoms with Crippen molar-refractivity contribution in [3.05, 3.63) is 41.5 Å². The van der Waals surface area contributed by atoms with Crippen LogP contribution in [0.15, 0.2) is 35.9 Å². The topological polar surface area (TPSA) is 83.5 Å². The van der Waals surface area contributed by atoms with Crippen molar-refractivity contribution >= 4 is 23.3 Å². The second-order valence-corrected chi connectivity index (χ2v) is 5.66. The maximum absolute atomic E-state index is 12.3. The van der Waals surface area contributed by atoms with E-state index < -0.39 is 17.8 Å². The molecule has 1 aromatic carbocycles. The number of carbonyl (C=O) groups excluding carboxylic acids is 2. The number of nitrogens with one attached hydrogen (secondary N) is 1. The van der Waals surface area contributed by atoms with Gasteiger partial charge in [-0.15, -0.1) is 0 Å². The van der Waals surface area contributed by atoms with Gasteiger partial charge >= 0.3 is 5.97 Å². The number of anilines is 1. The quantitative estimate of drug-likeness (QED) is 0.661. The molecule has 0 radical (unpaired) electrons. The molecule has 0 unspecified atom stereocenters. The fourth-order valence-electron chi connectivity index (χ4n) is 2.64. The lowest BCUT2D eigenvalue weighted by Crippen LogP contribution is -2.35. The predicted octanol–water partition coefficient (Wildman–Crippen LogP) is 2.88. The van der Waals surface area contributed by atoms with Crippen LogP contribution < -0.4 is 5.32 Å². The van der Waals surface area contributed by atoms with Gasteiger partial charge in [-0.3, -0.25) is 14.4 Å². The summed E-state index contributed by atoms with van der Waals surface area (Å²) < 4.78 is 0. The molecule has 0 saturated carbocycles. The first kappa shape index (κ1) is 15.9. The Kier molecular flexibility index (Phi) is 4.75. The summed E-state index contributed by atoms with van der Waals surface area (Å²) in [6.45, 7) is 3.35. The summed E-state index contributed by atoms with van der Waals surface area (Å²) in [5.74, 6) is -2.56. The number of hydrogen-bond acceptors (Lipinski definition) is 3. The fourth-order valence-corrected chi connectivity index (χ4v) is 2.64. The van der Waals surface area contributed by atoms with Crippen molar-refractivity contribution in [3.63, 3.8) is 0 Å². The summed E-state index contributed by atoms with van der Waals surface area (Å²) in [6, 6.07) is 6.57. The van der Waals surface area contributed by atoms with E-state index in [-0.39, 0.29) is 11.7 Å². The molecule has 2 N–H and O–H groups in total. The Morgan fingerprint density at radius 2 is 1.77 bits per heavy atom. The third-order valence-corrected chi connectivity index (χ3v) is 3.96. The average molecular weight is 301 g/mol. The Morgan fingerprint density at radius 1 is 1.14 bits per heavy atom. The Hall–Kier alpha value is -2.43. The van der Waals surface area contributed by atoms with Gasteiger partial charge in [0.05, 0.1) is 11.8 Å². The molecule has 1 aliphatic carbocycles. The molecule has 0 aromatic heterocycles. The molecule has 0 saturated heterocycles. The lowest BCUT2D eigenvalue weighted by atomic mass is 9.79. The van der Waals surface area contributed by atoms with E-state index in [1.54, 1.807) is 24.3 Å². The lowest BCUT2D eigenvalue weighted by Gasteiger charge is -2.26. The van der Waals surface area contributed by atoms with Crippen molar-refractivity contribution in [2.75, 3.05) is 5.32 Å². The molecule has 5 heteroatoms. The molecule has 1 amide bonds. The first-order valence-electron chi connectivity index (χ1n) is 7.19. The molecule has 5 nitrogen and oxygen atoms in total. The van der Waals surface area contributed by atoms with Gasteiger partial charge in [-0.2, -0.15) is 0 Å². The molecule has 22 heavy (non-hydrogen) atoms. The van der Waals surface area contributed by atoms with Crippen LogP contribution in [0.4, 0.5) is 5.69 Å². The smallest absolute Gasteiger partial charge is 0.307 e. The van der Waals surface area contributed by atoms with Gasteiger partial charge in [-0.1, -0.05) is 11.6 Å². The van der Waals surface area contributed by atoms with Gasteiger partial charge in [0.2, 0.25) is 5.91 Å². The first-order chi connectivity index (χ1) is 10.4. The predicted molar refractivity (Wildman–Crippen MR) is 82.7 cm³/mol. The molecule has 0 aliphatic heterocycles. The summed E-state index contributed by atoms with van der Waals surface area (Å²) in [6.07, 6.45) is 2.75. The van der Waals surface area contributed by atoms with Crippen LogP contribution in [-0.2, 0) is 9.59 Å². The number of hydrogen-bond donors (Lipinski definition) is 2. The highest BCUT2D eigenvalue weighted by molar-refractivity contribution is 5.97. The third-order valence-electron chi connectivity index (χ3n) is 3.96. The highest BCUT2D eigenvalue weighted by Gasteiger charge is 2.35. The number of aliphatic carboxylic acids is 1. The van der Waals surface area contributed by atoms with Crippen LogP contribution in [0.2, 0.25) is 0 Å². The first-order valence-corrected chi connectivity index (χ1v) is 7.19. The van der Waals surface area contributed by atoms with Crippen molar-refractivity contribution in [2.24, 2.45) is 11.8 Å². The van der Waals surface area contributed by atoms with Crippen LogP contribution in [0.25, 0.3) is 0 Å². The van der Waals surface area contributed by atoms with Crippen molar-refractivity contribution in [1.82, 2.24) is 0 Å². The summed E-state index contributed by atoms with van der Waals surface area (Å²) in [5.41, 5.74) is 2.13. The highest BCUT2D eigenvalue weighted by Crippen LogP contribution is 2.30. The van der Waals surface area contributed by atoms with Crippen LogP contribution in [0.1, 0.15) is 37.0 Å². The van der Waals surface area contributed by atoms with Crippen molar-refractivity contribution in [1.29, 1.82) is 0 Å². The Morgan fingerprint density at radius 3 is 2.32 bits per heavy atom. The monoisotopic (exact) mass is 301 g/mol. The second kappa shape index (κ2) is 6.56. The van der Waals surface area contributed by atoms with E-state index >= 15 is 0 Å². The minimum absolute atomic E-state index is 0.0447. The van der Waals surface area contributed by atoms with Crippen molar-refractivity contribution in [2.45, 2.75) is 26.7 Å². The number of rotatable bonds is 4. The van der Waals surface area contributed by atoms with Gasteiger partial charge in [0, 0.05) is 11.3 Å². The minimum Gasteiger partial charge on any atom is -0.481 e. The zero-order valence-electron chi connectivity index (χ0n) is 12.6. The normalized spacial score (nSPS) is 20.9. The summed E-state index contributed by atoms with van der Waals surface area (Å²) in [4.78, 5) is 34.9. The van der Waals surface area contributed by atoms with Crippen LogP contribution in [0.3, 0.4) is 0 Å². The molecular formula is C17H19NO4. The van der Waals surface area contributed by atoms with Gasteiger partial charge in [0.15, 0.2) is 5.78 Å². The lowest BCUT2D eigenvalue weighted by molar-refractivity contribution is -0.146. The van der Waals surface area contributed by atoms with E-state index in [9.17, 15) is 19.5 Å². The van der Waals surface area contributed by atoms with Gasteiger partial charge in [-0.25, -0.2) is 0 Å². The molecule has 0 fully saturated rings. The summed E-state index contributed by atoms with van der Waals surface area (Å²) >= 11 is 0. The van der Waals surface area contributed by atoms with Crippen molar-refractivity contribution < 1.29 is 19.5 Å². The number of carboxylic acid groups (broad SMARTS) is 1. The minimum atomic E-state index is -0.945. The van der Waals surface area contributed by atoms with E-state index in [0.29, 0.717) is 24.1 Å². The summed E-state index contributed by atoms with van der Waals surface area (Å²) in [7, 11) is 0. The summed E-state index contributed by atoms with van der Waals surface area (Å²) in [5, 5.41) is 12.0. The fraction of sp³-hybridized carbons (Fsp3) is 0.353. The molecule has 116 valence electrons. The van der Waals surface area contributed by atoms with E-state index in [0.717, 1.165) is 5.57 Å². The third kappa shape index (κ3) is 3.61. The zero-order chi connectivity index (χ0) is 16.3. The molecule has 0 heterocycles. The number of benzene rings is 1. The largest absolute Gasteiger partial charge is 0.481 e. The SMILES string of the molecule is CC(=O)c1ccc(NC(=O)[C@H]2CC=C(C)C[C@H]2C(=O)O)cc1. The van der Waals surface area contributed by atoms with Crippen LogP contribution >= 0.6 is 0 Å². The Labute approximate surface area is 129 Å². The number of carboxylic acids is 1. The van der Waals surface area contributed by atoms with E-state index in [1.807, 2.05) is 13.0 Å². The van der Waals surface area contributed by atoms with E-state index in [2.05, 4.69) is 5.32 Å². The van der Waals surface area contributed by atoms with Gasteiger partial charge in [0.1, 0.15) is 0 Å². The maximum atomic E-state index is 12.3. The van der Waals surface area contributed by atoms with E-state index in [1.165, 1.54) is 6.92 Å². The second-order valence-electron chi connectivity index (χ2n) is 5.66. The number of Topliss-reactive ketones (excluding diaryl/α,β-unsaturated/α-hetero) is 1. The Bertz CT molecular complexity index is 631. The Balaban J connectivity index is 2.10. The van der Waals surface area contributed by atoms with Gasteiger partial charge in [0.25, 0.3) is 0 Å². The molecule has 0 bridgehead atoms. The van der Waals surface area contributed by atoms with Gasteiger partial charge < -0.3 is 10.4 Å². The average Bonchev–Trinajstić information content (AvgIpc) is 2.47. The maximum Gasteiger partial charge on any atom is 0.307 e. The zero-order valence-corrected chi connectivity index (χ0v) is 12.6. The standard InChI is InChI=1S/C17H19NO4/c1-10-3-8-14(15(9-10)17(21)22)16(20)18-13-6-4-12(5-7-13)11(2)19/h3-7,14-15H,8-9H2,1-2H3,(H,18,20)(H,21,22)/t14-,15+/m0/s1. The molecule has 0 spiro atoms. The number of amides is 1. The van der Waals surface area contributed by atoms with Crippen LogP contribution in [-0.4, -0.2) is 22.8 Å². The molecular weight excluding hydrogens is 282 g/mol.